The Labute approximate surface area is 144 Å². The van der Waals surface area contributed by atoms with E-state index in [2.05, 4.69) is 62.7 Å². The predicted molar refractivity (Wildman–Crippen MR) is 93.6 cm³/mol. The average molecular weight is 375 g/mol. The van der Waals surface area contributed by atoms with Crippen molar-refractivity contribution in [3.8, 4) is 17.3 Å². The molecule has 2 aromatic heterocycles. The summed E-state index contributed by atoms with van der Waals surface area (Å²) in [4.78, 5) is 2.00. The van der Waals surface area contributed by atoms with Crippen molar-refractivity contribution in [1.82, 2.24) is 19.7 Å². The molecule has 6 heteroatoms. The molecule has 120 valence electrons. The van der Waals surface area contributed by atoms with Gasteiger partial charge in [-0.3, -0.25) is 0 Å². The molecule has 0 saturated heterocycles. The van der Waals surface area contributed by atoms with Crippen LogP contribution in [0, 0.1) is 13.8 Å². The van der Waals surface area contributed by atoms with Crippen LogP contribution in [0.3, 0.4) is 0 Å². The summed E-state index contributed by atoms with van der Waals surface area (Å²) >= 11 is 3.53. The minimum absolute atomic E-state index is 0.549. The summed E-state index contributed by atoms with van der Waals surface area (Å²) in [7, 11) is 3.95. The van der Waals surface area contributed by atoms with Crippen molar-refractivity contribution in [2.24, 2.45) is 0 Å². The lowest BCUT2D eigenvalue weighted by molar-refractivity contribution is 0.343. The smallest absolute Gasteiger partial charge is 0.264 e. The Balaban J connectivity index is 2.11. The lowest BCUT2D eigenvalue weighted by Gasteiger charge is -2.10. The van der Waals surface area contributed by atoms with Gasteiger partial charge in [-0.1, -0.05) is 22.0 Å². The Morgan fingerprint density at radius 1 is 1.17 bits per heavy atom. The van der Waals surface area contributed by atoms with Crippen LogP contribution in [0.5, 0.6) is 0 Å². The second-order valence-electron chi connectivity index (χ2n) is 5.87. The van der Waals surface area contributed by atoms with E-state index in [0.717, 1.165) is 27.1 Å². The summed E-state index contributed by atoms with van der Waals surface area (Å²) in [6.07, 6.45) is 0. The summed E-state index contributed by atoms with van der Waals surface area (Å²) in [5.74, 6) is 1.16. The molecular formula is C17H19BrN4O. The van der Waals surface area contributed by atoms with Gasteiger partial charge in [0.05, 0.1) is 6.54 Å². The van der Waals surface area contributed by atoms with Crippen LogP contribution in [0.2, 0.25) is 0 Å². The summed E-state index contributed by atoms with van der Waals surface area (Å²) in [5, 5.41) is 8.40. The van der Waals surface area contributed by atoms with E-state index in [1.54, 1.807) is 0 Å². The number of hydrogen-bond acceptors (Lipinski definition) is 4. The molecule has 0 aliphatic rings. The standard InChI is InChI=1S/C17H19BrN4O/c1-11-8-12(2)22(14-7-5-6-13(18)9-14)16(11)17-20-19-15(23-17)10-21(3)4/h5-9H,10H2,1-4H3. The lowest BCUT2D eigenvalue weighted by atomic mass is 10.2. The van der Waals surface area contributed by atoms with Crippen LogP contribution < -0.4 is 0 Å². The second kappa shape index (κ2) is 6.29. The topological polar surface area (TPSA) is 47.1 Å². The molecule has 2 heterocycles. The monoisotopic (exact) mass is 374 g/mol. The molecule has 0 unspecified atom stereocenters. The molecule has 0 N–H and O–H groups in total. The van der Waals surface area contributed by atoms with Gasteiger partial charge in [-0.05, 0) is 57.8 Å². The van der Waals surface area contributed by atoms with E-state index >= 15 is 0 Å². The van der Waals surface area contributed by atoms with Gasteiger partial charge in [-0.25, -0.2) is 0 Å². The van der Waals surface area contributed by atoms with Gasteiger partial charge in [0.15, 0.2) is 0 Å². The van der Waals surface area contributed by atoms with Gasteiger partial charge in [0.1, 0.15) is 5.69 Å². The minimum atomic E-state index is 0.549. The fourth-order valence-corrected chi connectivity index (χ4v) is 3.08. The van der Waals surface area contributed by atoms with Crippen LogP contribution in [0.1, 0.15) is 17.1 Å². The van der Waals surface area contributed by atoms with E-state index in [0.29, 0.717) is 18.3 Å². The largest absolute Gasteiger partial charge is 0.418 e. The van der Waals surface area contributed by atoms with Gasteiger partial charge < -0.3 is 13.9 Å². The molecule has 5 nitrogen and oxygen atoms in total. The highest BCUT2D eigenvalue weighted by Crippen LogP contribution is 2.30. The van der Waals surface area contributed by atoms with Gasteiger partial charge in [0, 0.05) is 15.9 Å². The average Bonchev–Trinajstić information content (AvgIpc) is 3.02. The molecule has 0 saturated carbocycles. The highest BCUT2D eigenvalue weighted by atomic mass is 79.9. The first-order chi connectivity index (χ1) is 11.0. The highest BCUT2D eigenvalue weighted by molar-refractivity contribution is 9.10. The molecule has 3 rings (SSSR count). The molecule has 0 spiro atoms. The zero-order chi connectivity index (χ0) is 16.6. The fraction of sp³-hybridized carbons (Fsp3) is 0.294. The van der Waals surface area contributed by atoms with E-state index in [-0.39, 0.29) is 0 Å². The first-order valence-electron chi connectivity index (χ1n) is 7.38. The second-order valence-corrected chi connectivity index (χ2v) is 6.79. The van der Waals surface area contributed by atoms with Crippen LogP contribution in [-0.4, -0.2) is 33.8 Å². The molecule has 1 aromatic carbocycles. The van der Waals surface area contributed by atoms with Gasteiger partial charge in [0.25, 0.3) is 5.89 Å². The molecular weight excluding hydrogens is 356 g/mol. The number of halogens is 1. The molecule has 0 radical (unpaired) electrons. The predicted octanol–water partition coefficient (Wildman–Crippen LogP) is 3.97. The Morgan fingerprint density at radius 2 is 1.96 bits per heavy atom. The SMILES string of the molecule is Cc1cc(C)n(-c2cccc(Br)c2)c1-c1nnc(CN(C)C)o1. The van der Waals surface area contributed by atoms with Crippen molar-refractivity contribution < 1.29 is 4.42 Å². The fourth-order valence-electron chi connectivity index (χ4n) is 2.69. The quantitative estimate of drug-likeness (QED) is 0.693. The van der Waals surface area contributed by atoms with E-state index in [1.807, 2.05) is 31.1 Å². The van der Waals surface area contributed by atoms with Gasteiger partial charge >= 0.3 is 0 Å². The number of rotatable bonds is 4. The summed E-state index contributed by atoms with van der Waals surface area (Å²) < 4.78 is 9.05. The maximum absolute atomic E-state index is 5.87. The third kappa shape index (κ3) is 3.23. The first-order valence-corrected chi connectivity index (χ1v) is 8.17. The van der Waals surface area contributed by atoms with Crippen molar-refractivity contribution >= 4 is 15.9 Å². The maximum Gasteiger partial charge on any atom is 0.264 e. The summed E-state index contributed by atoms with van der Waals surface area (Å²) in [6.45, 7) is 4.77. The van der Waals surface area contributed by atoms with E-state index in [9.17, 15) is 0 Å². The number of aromatic nitrogens is 3. The third-order valence-corrected chi connectivity index (χ3v) is 4.06. The van der Waals surface area contributed by atoms with Crippen molar-refractivity contribution in [3.05, 3.63) is 52.0 Å². The Bertz CT molecular complexity index is 835. The molecule has 0 aliphatic carbocycles. The zero-order valence-electron chi connectivity index (χ0n) is 13.7. The van der Waals surface area contributed by atoms with Crippen LogP contribution in [0.25, 0.3) is 17.3 Å². The molecule has 3 aromatic rings. The molecule has 0 amide bonds. The van der Waals surface area contributed by atoms with Crippen LogP contribution in [0.15, 0.2) is 39.2 Å². The van der Waals surface area contributed by atoms with E-state index < -0.39 is 0 Å². The number of hydrogen-bond donors (Lipinski definition) is 0. The van der Waals surface area contributed by atoms with Crippen LogP contribution >= 0.6 is 15.9 Å². The molecule has 23 heavy (non-hydrogen) atoms. The number of nitrogens with zero attached hydrogens (tertiary/aromatic N) is 4. The Morgan fingerprint density at radius 3 is 2.65 bits per heavy atom. The molecule has 0 atom stereocenters. The van der Waals surface area contributed by atoms with Crippen molar-refractivity contribution in [2.45, 2.75) is 20.4 Å². The lowest BCUT2D eigenvalue weighted by Crippen LogP contribution is -2.10. The Hall–Kier alpha value is -1.92. The minimum Gasteiger partial charge on any atom is -0.418 e. The molecule has 0 bridgehead atoms. The van der Waals surface area contributed by atoms with Crippen LogP contribution in [-0.2, 0) is 6.54 Å². The molecule has 0 aliphatic heterocycles. The summed E-state index contributed by atoms with van der Waals surface area (Å²) in [6, 6.07) is 10.3. The highest BCUT2D eigenvalue weighted by Gasteiger charge is 2.19. The number of aryl methyl sites for hydroxylation is 2. The Kier molecular flexibility index (Phi) is 4.37. The first kappa shape index (κ1) is 16.0. The van der Waals surface area contributed by atoms with Crippen molar-refractivity contribution in [3.63, 3.8) is 0 Å². The molecule has 0 fully saturated rings. The van der Waals surface area contributed by atoms with Gasteiger partial charge in [-0.2, -0.15) is 0 Å². The van der Waals surface area contributed by atoms with Crippen molar-refractivity contribution in [1.29, 1.82) is 0 Å². The number of benzene rings is 1. The van der Waals surface area contributed by atoms with Crippen molar-refractivity contribution in [2.75, 3.05) is 14.1 Å². The normalized spacial score (nSPS) is 11.4. The van der Waals surface area contributed by atoms with Gasteiger partial charge in [0.2, 0.25) is 5.89 Å². The van der Waals surface area contributed by atoms with E-state index in [4.69, 9.17) is 4.42 Å². The van der Waals surface area contributed by atoms with E-state index in [1.165, 1.54) is 0 Å². The third-order valence-electron chi connectivity index (χ3n) is 3.56. The summed E-state index contributed by atoms with van der Waals surface area (Å²) in [5.41, 5.74) is 4.25. The van der Waals surface area contributed by atoms with Crippen LogP contribution in [0.4, 0.5) is 0 Å². The zero-order valence-corrected chi connectivity index (χ0v) is 15.3. The van der Waals surface area contributed by atoms with Gasteiger partial charge in [-0.15, -0.1) is 10.2 Å². The maximum atomic E-state index is 5.87.